The van der Waals surface area contributed by atoms with E-state index in [0.717, 1.165) is 31.6 Å². The molecule has 1 unspecified atom stereocenters. The Morgan fingerprint density at radius 3 is 2.53 bits per heavy atom. The monoisotopic (exact) mass is 262 g/mol. The fourth-order valence-corrected chi connectivity index (χ4v) is 3.16. The quantitative estimate of drug-likeness (QED) is 0.900. The Kier molecular flexibility index (Phi) is 4.64. The van der Waals surface area contributed by atoms with Crippen molar-refractivity contribution in [1.29, 1.82) is 0 Å². The average molecular weight is 262 g/mol. The molecule has 0 bridgehead atoms. The van der Waals surface area contributed by atoms with Gasteiger partial charge in [0.25, 0.3) is 0 Å². The van der Waals surface area contributed by atoms with Crippen molar-refractivity contribution in [2.75, 3.05) is 7.11 Å². The Morgan fingerprint density at radius 1 is 1.32 bits per heavy atom. The fourth-order valence-electron chi connectivity index (χ4n) is 3.16. The average Bonchev–Trinajstić information content (AvgIpc) is 2.42. The lowest BCUT2D eigenvalue weighted by Gasteiger charge is -2.42. The van der Waals surface area contributed by atoms with Gasteiger partial charge in [0, 0.05) is 13.5 Å². The highest BCUT2D eigenvalue weighted by Crippen LogP contribution is 2.37. The maximum absolute atomic E-state index is 10.7. The minimum absolute atomic E-state index is 0.339. The molecule has 2 rings (SSSR count). The number of ether oxygens (including phenoxy) is 1. The van der Waals surface area contributed by atoms with E-state index in [1.54, 1.807) is 7.11 Å². The van der Waals surface area contributed by atoms with Crippen LogP contribution in [0.15, 0.2) is 24.3 Å². The molecule has 0 saturated heterocycles. The number of methoxy groups -OCH3 is 1. The van der Waals surface area contributed by atoms with Gasteiger partial charge in [-0.15, -0.1) is 0 Å². The molecule has 1 atom stereocenters. The third-order valence-electron chi connectivity index (χ3n) is 4.81. The zero-order chi connectivity index (χ0) is 13.9. The van der Waals surface area contributed by atoms with E-state index in [4.69, 9.17) is 4.74 Å². The molecular weight excluding hydrogens is 236 g/mol. The fraction of sp³-hybridized carbons (Fsp3) is 0.647. The molecule has 0 amide bonds. The van der Waals surface area contributed by atoms with Crippen LogP contribution >= 0.6 is 0 Å². The van der Waals surface area contributed by atoms with Crippen molar-refractivity contribution >= 4 is 0 Å². The maximum Gasteiger partial charge on any atom is 0.0939 e. The van der Waals surface area contributed by atoms with Crippen LogP contribution in [0.2, 0.25) is 0 Å². The maximum atomic E-state index is 10.7. The van der Waals surface area contributed by atoms with Crippen LogP contribution in [0.5, 0.6) is 0 Å². The van der Waals surface area contributed by atoms with Crippen molar-refractivity contribution < 1.29 is 9.84 Å². The summed E-state index contributed by atoms with van der Waals surface area (Å²) in [5.74, 6) is 0.758. The number of benzene rings is 1. The SMILES string of the molecule is COC1(C(O)Cc2ccccc2C)CCC(C)CC1. The smallest absolute Gasteiger partial charge is 0.0939 e. The normalized spacial score (nSPS) is 29.2. The lowest BCUT2D eigenvalue weighted by molar-refractivity contribution is -0.127. The molecule has 1 N–H and O–H groups in total. The van der Waals surface area contributed by atoms with Gasteiger partial charge in [-0.1, -0.05) is 31.2 Å². The summed E-state index contributed by atoms with van der Waals surface area (Å²) in [5, 5.41) is 10.7. The van der Waals surface area contributed by atoms with Gasteiger partial charge in [0.2, 0.25) is 0 Å². The first-order chi connectivity index (χ1) is 9.07. The van der Waals surface area contributed by atoms with Crippen molar-refractivity contribution in [3.8, 4) is 0 Å². The lowest BCUT2D eigenvalue weighted by atomic mass is 9.75. The highest BCUT2D eigenvalue weighted by molar-refractivity contribution is 5.26. The molecule has 1 fully saturated rings. The second-order valence-electron chi connectivity index (χ2n) is 6.10. The summed E-state index contributed by atoms with van der Waals surface area (Å²) in [5.41, 5.74) is 2.14. The first-order valence-electron chi connectivity index (χ1n) is 7.35. The van der Waals surface area contributed by atoms with Crippen molar-refractivity contribution in [3.63, 3.8) is 0 Å². The van der Waals surface area contributed by atoms with Gasteiger partial charge in [0.05, 0.1) is 11.7 Å². The van der Waals surface area contributed by atoms with Gasteiger partial charge >= 0.3 is 0 Å². The summed E-state index contributed by atoms with van der Waals surface area (Å²) in [6.07, 6.45) is 4.52. The topological polar surface area (TPSA) is 29.5 Å². The third-order valence-corrected chi connectivity index (χ3v) is 4.81. The Balaban J connectivity index is 2.09. The van der Waals surface area contributed by atoms with E-state index in [0.29, 0.717) is 6.42 Å². The summed E-state index contributed by atoms with van der Waals surface area (Å²) in [4.78, 5) is 0. The van der Waals surface area contributed by atoms with E-state index in [1.165, 1.54) is 11.1 Å². The largest absolute Gasteiger partial charge is 0.390 e. The summed E-state index contributed by atoms with van der Waals surface area (Å²) in [7, 11) is 1.75. The highest BCUT2D eigenvalue weighted by Gasteiger charge is 2.40. The van der Waals surface area contributed by atoms with E-state index in [2.05, 4.69) is 26.0 Å². The summed E-state index contributed by atoms with van der Waals surface area (Å²) < 4.78 is 5.75. The van der Waals surface area contributed by atoms with Gasteiger partial charge in [-0.25, -0.2) is 0 Å². The van der Waals surface area contributed by atoms with Crippen LogP contribution in [0.25, 0.3) is 0 Å². The van der Waals surface area contributed by atoms with Crippen LogP contribution in [0.1, 0.15) is 43.7 Å². The Bertz CT molecular complexity index is 405. The summed E-state index contributed by atoms with van der Waals surface area (Å²) in [6.45, 7) is 4.39. The first kappa shape index (κ1) is 14.5. The van der Waals surface area contributed by atoms with Crippen LogP contribution in [0, 0.1) is 12.8 Å². The van der Waals surface area contributed by atoms with Crippen molar-refractivity contribution in [1.82, 2.24) is 0 Å². The van der Waals surface area contributed by atoms with Gasteiger partial charge in [-0.05, 0) is 49.7 Å². The van der Waals surface area contributed by atoms with Gasteiger partial charge in [0.1, 0.15) is 0 Å². The van der Waals surface area contributed by atoms with Crippen molar-refractivity contribution in [3.05, 3.63) is 35.4 Å². The third kappa shape index (κ3) is 3.18. The van der Waals surface area contributed by atoms with E-state index >= 15 is 0 Å². The van der Waals surface area contributed by atoms with Crippen LogP contribution in [0.4, 0.5) is 0 Å². The van der Waals surface area contributed by atoms with Gasteiger partial charge in [0.15, 0.2) is 0 Å². The molecule has 19 heavy (non-hydrogen) atoms. The van der Waals surface area contributed by atoms with Crippen molar-refractivity contribution in [2.45, 2.75) is 57.7 Å². The molecule has 1 aromatic rings. The van der Waals surface area contributed by atoms with Gasteiger partial charge < -0.3 is 9.84 Å². The predicted octanol–water partition coefficient (Wildman–Crippen LogP) is 3.49. The molecule has 106 valence electrons. The standard InChI is InChI=1S/C17H26O2/c1-13-8-10-17(19-3,11-9-13)16(18)12-15-7-5-4-6-14(15)2/h4-7,13,16,18H,8-12H2,1-3H3. The molecule has 2 nitrogen and oxygen atoms in total. The predicted molar refractivity (Wildman–Crippen MR) is 78.3 cm³/mol. The molecule has 0 spiro atoms. The summed E-state index contributed by atoms with van der Waals surface area (Å²) in [6, 6.07) is 8.29. The molecule has 1 aliphatic carbocycles. The minimum atomic E-state index is -0.411. The molecule has 0 radical (unpaired) electrons. The Morgan fingerprint density at radius 2 is 1.95 bits per heavy atom. The minimum Gasteiger partial charge on any atom is -0.390 e. The number of hydrogen-bond donors (Lipinski definition) is 1. The molecule has 1 aliphatic rings. The van der Waals surface area contributed by atoms with Crippen LogP contribution in [0.3, 0.4) is 0 Å². The van der Waals surface area contributed by atoms with E-state index in [1.807, 2.05) is 12.1 Å². The zero-order valence-electron chi connectivity index (χ0n) is 12.4. The van der Waals surface area contributed by atoms with E-state index < -0.39 is 6.10 Å². The van der Waals surface area contributed by atoms with Gasteiger partial charge in [-0.2, -0.15) is 0 Å². The Hall–Kier alpha value is -0.860. The molecule has 0 aliphatic heterocycles. The second kappa shape index (κ2) is 6.06. The van der Waals surface area contributed by atoms with Crippen LogP contribution in [-0.4, -0.2) is 23.9 Å². The molecule has 1 aromatic carbocycles. The molecule has 1 saturated carbocycles. The molecular formula is C17H26O2. The number of hydrogen-bond acceptors (Lipinski definition) is 2. The molecule has 0 aromatic heterocycles. The summed E-state index contributed by atoms with van der Waals surface area (Å²) >= 11 is 0. The number of aliphatic hydroxyl groups excluding tert-OH is 1. The molecule has 2 heteroatoms. The first-order valence-corrected chi connectivity index (χ1v) is 7.35. The number of rotatable bonds is 4. The highest BCUT2D eigenvalue weighted by atomic mass is 16.5. The molecule has 0 heterocycles. The number of aliphatic hydroxyl groups is 1. The Labute approximate surface area is 116 Å². The van der Waals surface area contributed by atoms with Crippen LogP contribution in [-0.2, 0) is 11.2 Å². The van der Waals surface area contributed by atoms with Gasteiger partial charge in [-0.3, -0.25) is 0 Å². The number of aryl methyl sites for hydroxylation is 1. The van der Waals surface area contributed by atoms with Crippen molar-refractivity contribution in [2.24, 2.45) is 5.92 Å². The zero-order valence-corrected chi connectivity index (χ0v) is 12.4. The van der Waals surface area contributed by atoms with Crippen LogP contribution < -0.4 is 0 Å². The lowest BCUT2D eigenvalue weighted by Crippen LogP contribution is -2.48. The van der Waals surface area contributed by atoms with E-state index in [9.17, 15) is 5.11 Å². The van der Waals surface area contributed by atoms with E-state index in [-0.39, 0.29) is 5.60 Å². The second-order valence-corrected chi connectivity index (χ2v) is 6.10.